The summed E-state index contributed by atoms with van der Waals surface area (Å²) in [6, 6.07) is 16.6. The third-order valence-corrected chi connectivity index (χ3v) is 6.32. The summed E-state index contributed by atoms with van der Waals surface area (Å²) in [5.74, 6) is 1.94. The third kappa shape index (κ3) is 4.06. The van der Waals surface area contributed by atoms with Crippen LogP contribution in [0, 0.1) is 0 Å². The van der Waals surface area contributed by atoms with E-state index in [1.54, 1.807) is 79.7 Å². The van der Waals surface area contributed by atoms with E-state index < -0.39 is 6.04 Å². The summed E-state index contributed by atoms with van der Waals surface area (Å²) < 4.78 is 17.5. The summed E-state index contributed by atoms with van der Waals surface area (Å²) in [5, 5.41) is 0.822. The summed E-state index contributed by atoms with van der Waals surface area (Å²) in [6.45, 7) is 1.95. The number of nitrogens with zero attached hydrogens (tertiary/aromatic N) is 3. The first kappa shape index (κ1) is 22.7. The number of rotatable bonds is 5. The molecular formula is C26H22ClN3O5. The Kier molecular flexibility index (Phi) is 5.82. The second-order valence-corrected chi connectivity index (χ2v) is 8.57. The molecule has 9 heteroatoms. The minimum Gasteiger partial charge on any atom is -0.497 e. The Bertz CT molecular complexity index is 1500. The minimum absolute atomic E-state index is 0.123. The standard InChI is InChI=1S/C26H22ClN3O5/c1-15(29(2)25(31)16-4-11-22-23(12-16)35-14-34-22)24-28-21-10-5-17(27)13-20(21)26(32)30(24)18-6-8-19(33-3)9-7-18/h4-13,15H,14H2,1-3H3. The molecule has 0 radical (unpaired) electrons. The van der Waals surface area contributed by atoms with Crippen LogP contribution >= 0.6 is 11.6 Å². The molecule has 1 unspecified atom stereocenters. The zero-order valence-corrected chi connectivity index (χ0v) is 20.1. The highest BCUT2D eigenvalue weighted by Gasteiger charge is 2.26. The van der Waals surface area contributed by atoms with Gasteiger partial charge in [0.15, 0.2) is 11.5 Å². The highest BCUT2D eigenvalue weighted by Crippen LogP contribution is 2.33. The topological polar surface area (TPSA) is 82.9 Å². The van der Waals surface area contributed by atoms with E-state index in [9.17, 15) is 9.59 Å². The lowest BCUT2D eigenvalue weighted by atomic mass is 10.1. The van der Waals surface area contributed by atoms with E-state index >= 15 is 0 Å². The SMILES string of the molecule is COc1ccc(-n2c(C(C)N(C)C(=O)c3ccc4c(c3)OCO4)nc3ccc(Cl)cc3c2=O)cc1. The molecule has 8 nitrogen and oxygen atoms in total. The van der Waals surface area contributed by atoms with Crippen molar-refractivity contribution in [2.24, 2.45) is 0 Å². The monoisotopic (exact) mass is 491 g/mol. The van der Waals surface area contributed by atoms with Gasteiger partial charge in [-0.15, -0.1) is 0 Å². The van der Waals surface area contributed by atoms with Gasteiger partial charge in [-0.05, 0) is 67.6 Å². The molecule has 0 fully saturated rings. The molecule has 178 valence electrons. The van der Waals surface area contributed by atoms with Gasteiger partial charge in [0.2, 0.25) is 6.79 Å². The van der Waals surface area contributed by atoms with E-state index in [0.717, 1.165) is 0 Å². The van der Waals surface area contributed by atoms with Crippen LogP contribution in [0.4, 0.5) is 0 Å². The molecule has 1 aliphatic rings. The van der Waals surface area contributed by atoms with Crippen molar-refractivity contribution < 1.29 is 19.0 Å². The fourth-order valence-corrected chi connectivity index (χ4v) is 4.19. The molecule has 1 aromatic heterocycles. The largest absolute Gasteiger partial charge is 0.497 e. The van der Waals surface area contributed by atoms with E-state index in [2.05, 4.69) is 0 Å². The number of methoxy groups -OCH3 is 1. The molecule has 2 heterocycles. The fourth-order valence-electron chi connectivity index (χ4n) is 4.02. The molecule has 0 N–H and O–H groups in total. The Morgan fingerprint density at radius 1 is 1.09 bits per heavy atom. The predicted molar refractivity (Wildman–Crippen MR) is 132 cm³/mol. The van der Waals surface area contributed by atoms with Crippen molar-refractivity contribution in [1.82, 2.24) is 14.5 Å². The molecule has 0 aliphatic carbocycles. The Morgan fingerprint density at radius 2 is 1.83 bits per heavy atom. The molecule has 1 amide bonds. The van der Waals surface area contributed by atoms with Crippen LogP contribution in [0.2, 0.25) is 5.02 Å². The number of carbonyl (C=O) groups excluding carboxylic acids is 1. The van der Waals surface area contributed by atoms with Crippen molar-refractivity contribution in [3.8, 4) is 22.9 Å². The highest BCUT2D eigenvalue weighted by atomic mass is 35.5. The van der Waals surface area contributed by atoms with Gasteiger partial charge in [-0.25, -0.2) is 4.98 Å². The van der Waals surface area contributed by atoms with Crippen LogP contribution < -0.4 is 19.8 Å². The van der Waals surface area contributed by atoms with Gasteiger partial charge in [-0.1, -0.05) is 11.6 Å². The lowest BCUT2D eigenvalue weighted by Gasteiger charge is -2.27. The number of hydrogen-bond donors (Lipinski definition) is 0. The van der Waals surface area contributed by atoms with Crippen LogP contribution in [-0.4, -0.2) is 41.3 Å². The molecule has 35 heavy (non-hydrogen) atoms. The minimum atomic E-state index is -0.553. The second-order valence-electron chi connectivity index (χ2n) is 8.13. The maximum Gasteiger partial charge on any atom is 0.266 e. The first-order chi connectivity index (χ1) is 16.9. The predicted octanol–water partition coefficient (Wildman–Crippen LogP) is 4.61. The van der Waals surface area contributed by atoms with Gasteiger partial charge in [0.1, 0.15) is 11.6 Å². The maximum atomic E-state index is 13.7. The average molecular weight is 492 g/mol. The number of fused-ring (bicyclic) bond motifs is 2. The Morgan fingerprint density at radius 3 is 2.57 bits per heavy atom. The third-order valence-electron chi connectivity index (χ3n) is 6.08. The molecule has 1 atom stereocenters. The Balaban J connectivity index is 1.61. The number of hydrogen-bond acceptors (Lipinski definition) is 6. The van der Waals surface area contributed by atoms with E-state index in [1.165, 1.54) is 4.57 Å². The fraction of sp³-hybridized carbons (Fsp3) is 0.192. The number of halogens is 1. The molecule has 1 aliphatic heterocycles. The van der Waals surface area contributed by atoms with Gasteiger partial charge >= 0.3 is 0 Å². The first-order valence-electron chi connectivity index (χ1n) is 10.9. The first-order valence-corrected chi connectivity index (χ1v) is 11.3. The van der Waals surface area contributed by atoms with E-state index in [0.29, 0.717) is 50.2 Å². The molecule has 5 rings (SSSR count). The van der Waals surface area contributed by atoms with Gasteiger partial charge in [0, 0.05) is 17.6 Å². The van der Waals surface area contributed by atoms with Crippen molar-refractivity contribution in [3.05, 3.63) is 87.4 Å². The van der Waals surface area contributed by atoms with Gasteiger partial charge in [0.05, 0.1) is 29.7 Å². The average Bonchev–Trinajstić information content (AvgIpc) is 3.36. The highest BCUT2D eigenvalue weighted by molar-refractivity contribution is 6.31. The van der Waals surface area contributed by atoms with Crippen molar-refractivity contribution in [2.45, 2.75) is 13.0 Å². The molecule has 3 aromatic carbocycles. The van der Waals surface area contributed by atoms with Crippen LogP contribution in [0.25, 0.3) is 16.6 Å². The Labute approximate surface area is 206 Å². The van der Waals surface area contributed by atoms with Gasteiger partial charge in [-0.3, -0.25) is 14.2 Å². The normalized spacial score (nSPS) is 13.0. The second kappa shape index (κ2) is 8.96. The van der Waals surface area contributed by atoms with Gasteiger partial charge in [-0.2, -0.15) is 0 Å². The van der Waals surface area contributed by atoms with Crippen molar-refractivity contribution in [3.63, 3.8) is 0 Å². The van der Waals surface area contributed by atoms with Crippen molar-refractivity contribution >= 4 is 28.4 Å². The zero-order valence-electron chi connectivity index (χ0n) is 19.3. The summed E-state index contributed by atoms with van der Waals surface area (Å²) in [6.07, 6.45) is 0. The van der Waals surface area contributed by atoms with Gasteiger partial charge < -0.3 is 19.1 Å². The van der Waals surface area contributed by atoms with Crippen LogP contribution in [0.5, 0.6) is 17.2 Å². The molecular weight excluding hydrogens is 470 g/mol. The quantitative estimate of drug-likeness (QED) is 0.405. The number of amides is 1. The van der Waals surface area contributed by atoms with Crippen LogP contribution in [0.1, 0.15) is 29.1 Å². The maximum absolute atomic E-state index is 13.7. The van der Waals surface area contributed by atoms with Crippen molar-refractivity contribution in [1.29, 1.82) is 0 Å². The number of carbonyl (C=O) groups is 1. The molecule has 0 saturated heterocycles. The van der Waals surface area contributed by atoms with Crippen LogP contribution in [0.15, 0.2) is 65.5 Å². The van der Waals surface area contributed by atoms with E-state index in [1.807, 2.05) is 6.92 Å². The number of ether oxygens (including phenoxy) is 3. The Hall–Kier alpha value is -4.04. The van der Waals surface area contributed by atoms with E-state index in [-0.39, 0.29) is 18.3 Å². The summed E-state index contributed by atoms with van der Waals surface area (Å²) in [7, 11) is 3.25. The molecule has 4 aromatic rings. The lowest BCUT2D eigenvalue weighted by molar-refractivity contribution is 0.0734. The van der Waals surface area contributed by atoms with Crippen LogP contribution in [-0.2, 0) is 0 Å². The molecule has 0 bridgehead atoms. The zero-order chi connectivity index (χ0) is 24.7. The van der Waals surface area contributed by atoms with Crippen LogP contribution in [0.3, 0.4) is 0 Å². The smallest absolute Gasteiger partial charge is 0.266 e. The number of aromatic nitrogens is 2. The van der Waals surface area contributed by atoms with Crippen molar-refractivity contribution in [2.75, 3.05) is 21.0 Å². The summed E-state index contributed by atoms with van der Waals surface area (Å²) in [5.41, 5.74) is 1.24. The summed E-state index contributed by atoms with van der Waals surface area (Å²) in [4.78, 5) is 33.3. The number of benzene rings is 3. The summed E-state index contributed by atoms with van der Waals surface area (Å²) >= 11 is 6.17. The van der Waals surface area contributed by atoms with Gasteiger partial charge in [0.25, 0.3) is 11.5 Å². The molecule has 0 saturated carbocycles. The van der Waals surface area contributed by atoms with E-state index in [4.69, 9.17) is 30.8 Å². The molecule has 0 spiro atoms. The lowest BCUT2D eigenvalue weighted by Crippen LogP contribution is -2.34.